The van der Waals surface area contributed by atoms with Gasteiger partial charge in [0.1, 0.15) is 6.04 Å². The third kappa shape index (κ3) is 1.57. The number of nitrogens with zero attached hydrogens (tertiary/aromatic N) is 3. The minimum atomic E-state index is -0.338. The van der Waals surface area contributed by atoms with Gasteiger partial charge >= 0.3 is 0 Å². The van der Waals surface area contributed by atoms with Crippen molar-refractivity contribution in [3.63, 3.8) is 0 Å². The first-order valence-corrected chi connectivity index (χ1v) is 7.17. The molecule has 0 saturated carbocycles. The Balaban J connectivity index is 1.89. The topological polar surface area (TPSA) is 45.6 Å². The number of aryl methyl sites for hydroxylation is 1. The predicted octanol–water partition coefficient (Wildman–Crippen LogP) is 0.904. The highest BCUT2D eigenvalue weighted by molar-refractivity contribution is 5.96. The molecule has 0 spiro atoms. The third-order valence-corrected chi connectivity index (χ3v) is 4.79. The molecular weight excluding hydrogens is 266 g/mol. The van der Waals surface area contributed by atoms with E-state index in [1.54, 1.807) is 16.8 Å². The largest absolute Gasteiger partial charge is 0.346 e. The van der Waals surface area contributed by atoms with Crippen molar-refractivity contribution < 1.29 is 9.59 Å². The Morgan fingerprint density at radius 1 is 1.10 bits per heavy atom. The molecule has 1 aromatic carbocycles. The number of hydrogen-bond donors (Lipinski definition) is 0. The quantitative estimate of drug-likeness (QED) is 0.721. The van der Waals surface area contributed by atoms with Gasteiger partial charge in [0.05, 0.1) is 13.1 Å². The maximum absolute atomic E-state index is 12.4. The molecule has 0 bridgehead atoms. The molecule has 1 unspecified atom stereocenters. The lowest BCUT2D eigenvalue weighted by Gasteiger charge is -2.41. The molecule has 1 aromatic heterocycles. The van der Waals surface area contributed by atoms with Gasteiger partial charge in [0.15, 0.2) is 0 Å². The normalized spacial score (nSPS) is 21.7. The summed E-state index contributed by atoms with van der Waals surface area (Å²) in [7, 11) is 3.74. The molecule has 21 heavy (non-hydrogen) atoms. The van der Waals surface area contributed by atoms with Gasteiger partial charge in [0, 0.05) is 37.1 Å². The minimum absolute atomic E-state index is 0.0398. The van der Waals surface area contributed by atoms with Gasteiger partial charge in [0.2, 0.25) is 11.8 Å². The van der Waals surface area contributed by atoms with Crippen LogP contribution in [0, 0.1) is 0 Å². The van der Waals surface area contributed by atoms with E-state index < -0.39 is 0 Å². The van der Waals surface area contributed by atoms with E-state index in [0.717, 1.165) is 11.2 Å². The molecule has 2 aliphatic heterocycles. The zero-order chi connectivity index (χ0) is 14.7. The Hall–Kier alpha value is -2.30. The molecule has 5 heteroatoms. The number of para-hydroxylation sites is 1. The number of piperazine rings is 1. The van der Waals surface area contributed by atoms with E-state index in [0.29, 0.717) is 13.0 Å². The summed E-state index contributed by atoms with van der Waals surface area (Å²) in [5, 5.41) is 1.20. The highest BCUT2D eigenvalue weighted by Crippen LogP contribution is 2.33. The van der Waals surface area contributed by atoms with Crippen molar-refractivity contribution in [3.8, 4) is 0 Å². The maximum atomic E-state index is 12.4. The molecule has 0 N–H and O–H groups in total. The van der Waals surface area contributed by atoms with Crippen molar-refractivity contribution in [1.82, 2.24) is 14.4 Å². The van der Waals surface area contributed by atoms with Gasteiger partial charge in [-0.1, -0.05) is 18.2 Å². The summed E-state index contributed by atoms with van der Waals surface area (Å²) in [4.78, 5) is 27.9. The van der Waals surface area contributed by atoms with Crippen LogP contribution >= 0.6 is 0 Å². The van der Waals surface area contributed by atoms with Gasteiger partial charge in [-0.25, -0.2) is 0 Å². The van der Waals surface area contributed by atoms with E-state index in [2.05, 4.69) is 16.7 Å². The molecule has 5 nitrogen and oxygen atoms in total. The van der Waals surface area contributed by atoms with E-state index in [9.17, 15) is 9.59 Å². The van der Waals surface area contributed by atoms with Crippen LogP contribution in [0.5, 0.6) is 0 Å². The first-order chi connectivity index (χ1) is 10.1. The summed E-state index contributed by atoms with van der Waals surface area (Å²) >= 11 is 0. The summed E-state index contributed by atoms with van der Waals surface area (Å²) < 4.78 is 2.15. The van der Waals surface area contributed by atoms with Crippen LogP contribution in [-0.2, 0) is 29.6 Å². The van der Waals surface area contributed by atoms with Crippen LogP contribution in [0.15, 0.2) is 24.3 Å². The van der Waals surface area contributed by atoms with Gasteiger partial charge in [-0.05, 0) is 11.6 Å². The molecule has 1 atom stereocenters. The lowest BCUT2D eigenvalue weighted by molar-refractivity contribution is -0.155. The number of benzene rings is 1. The molecule has 1 fully saturated rings. The molecule has 1 saturated heterocycles. The number of carbonyl (C=O) groups is 2. The second-order valence-electron chi connectivity index (χ2n) is 5.94. The van der Waals surface area contributed by atoms with Crippen molar-refractivity contribution >= 4 is 22.7 Å². The molecule has 3 heterocycles. The lowest BCUT2D eigenvalue weighted by Crippen LogP contribution is -2.60. The fourth-order valence-electron chi connectivity index (χ4n) is 3.64. The Labute approximate surface area is 122 Å². The number of carbonyl (C=O) groups excluding carboxylic acids is 2. The van der Waals surface area contributed by atoms with Crippen molar-refractivity contribution in [2.75, 3.05) is 13.6 Å². The fourth-order valence-corrected chi connectivity index (χ4v) is 3.64. The summed E-state index contributed by atoms with van der Waals surface area (Å²) in [5.41, 5.74) is 3.53. The highest BCUT2D eigenvalue weighted by Gasteiger charge is 2.42. The number of amides is 2. The Morgan fingerprint density at radius 3 is 2.67 bits per heavy atom. The molecular formula is C16H17N3O2. The van der Waals surface area contributed by atoms with E-state index in [1.165, 1.54) is 10.9 Å². The van der Waals surface area contributed by atoms with Crippen molar-refractivity contribution in [1.29, 1.82) is 0 Å². The lowest BCUT2D eigenvalue weighted by atomic mass is 9.94. The van der Waals surface area contributed by atoms with Crippen LogP contribution in [0.2, 0.25) is 0 Å². The molecule has 4 rings (SSSR count). The zero-order valence-corrected chi connectivity index (χ0v) is 12.2. The summed E-state index contributed by atoms with van der Waals surface area (Å²) in [5.74, 6) is 0.0891. The highest BCUT2D eigenvalue weighted by atomic mass is 16.2. The zero-order valence-electron chi connectivity index (χ0n) is 12.2. The van der Waals surface area contributed by atoms with E-state index in [4.69, 9.17) is 0 Å². The van der Waals surface area contributed by atoms with Gasteiger partial charge in [0.25, 0.3) is 0 Å². The van der Waals surface area contributed by atoms with Gasteiger partial charge in [-0.3, -0.25) is 9.59 Å². The second-order valence-corrected chi connectivity index (χ2v) is 5.94. The molecule has 0 aliphatic carbocycles. The van der Waals surface area contributed by atoms with Crippen LogP contribution < -0.4 is 0 Å². The van der Waals surface area contributed by atoms with Crippen LogP contribution in [0.1, 0.15) is 11.3 Å². The number of hydrogen-bond acceptors (Lipinski definition) is 2. The Kier molecular flexibility index (Phi) is 2.43. The Bertz CT molecular complexity index is 777. The fraction of sp³-hybridized carbons (Fsp3) is 0.375. The monoisotopic (exact) mass is 283 g/mol. The SMILES string of the molecule is CN1CC(=O)N2Cc3c(c4ccccc4n3C)CC2C1=O. The predicted molar refractivity (Wildman–Crippen MR) is 78.6 cm³/mol. The van der Waals surface area contributed by atoms with E-state index in [1.807, 2.05) is 19.2 Å². The van der Waals surface area contributed by atoms with Crippen LogP contribution in [-0.4, -0.2) is 45.8 Å². The number of likely N-dealkylation sites (N-methyl/N-ethyl adjacent to an activating group) is 1. The van der Waals surface area contributed by atoms with Crippen LogP contribution in [0.3, 0.4) is 0 Å². The molecule has 0 radical (unpaired) electrons. The van der Waals surface area contributed by atoms with Crippen molar-refractivity contribution in [2.45, 2.75) is 19.0 Å². The molecule has 2 aliphatic rings. The summed E-state index contributed by atoms with van der Waals surface area (Å²) in [6, 6.07) is 7.89. The molecule has 2 aromatic rings. The van der Waals surface area contributed by atoms with Crippen molar-refractivity contribution in [2.24, 2.45) is 7.05 Å². The van der Waals surface area contributed by atoms with Gasteiger partial charge in [-0.15, -0.1) is 0 Å². The molecule has 2 amide bonds. The maximum Gasteiger partial charge on any atom is 0.245 e. The van der Waals surface area contributed by atoms with Gasteiger partial charge in [-0.2, -0.15) is 0 Å². The standard InChI is InChI=1S/C16H17N3O2/c1-17-9-15(20)19-8-14-11(7-13(19)16(17)21)10-5-3-4-6-12(10)18(14)2/h3-6,13H,7-9H2,1-2H3. The van der Waals surface area contributed by atoms with Crippen LogP contribution in [0.4, 0.5) is 0 Å². The Morgan fingerprint density at radius 2 is 1.86 bits per heavy atom. The number of fused-ring (bicyclic) bond motifs is 4. The van der Waals surface area contributed by atoms with E-state index in [-0.39, 0.29) is 24.4 Å². The van der Waals surface area contributed by atoms with Crippen molar-refractivity contribution in [3.05, 3.63) is 35.5 Å². The average molecular weight is 283 g/mol. The van der Waals surface area contributed by atoms with E-state index >= 15 is 0 Å². The number of rotatable bonds is 0. The molecule has 108 valence electrons. The second kappa shape index (κ2) is 4.10. The number of aromatic nitrogens is 1. The third-order valence-electron chi connectivity index (χ3n) is 4.79. The summed E-state index contributed by atoms with van der Waals surface area (Å²) in [6.45, 7) is 0.720. The summed E-state index contributed by atoms with van der Waals surface area (Å²) in [6.07, 6.45) is 0.617. The smallest absolute Gasteiger partial charge is 0.245 e. The minimum Gasteiger partial charge on any atom is -0.346 e. The average Bonchev–Trinajstić information content (AvgIpc) is 2.77. The first kappa shape index (κ1) is 12.4. The first-order valence-electron chi connectivity index (χ1n) is 7.17. The van der Waals surface area contributed by atoms with Crippen LogP contribution in [0.25, 0.3) is 10.9 Å². The van der Waals surface area contributed by atoms with Gasteiger partial charge < -0.3 is 14.4 Å².